The highest BCUT2D eigenvalue weighted by Gasteiger charge is 2.45. The number of carbonyl (C=O) groups excluding carboxylic acids is 1. The van der Waals surface area contributed by atoms with E-state index in [9.17, 15) is 4.79 Å². The van der Waals surface area contributed by atoms with Gasteiger partial charge in [0.2, 0.25) is 0 Å². The zero-order valence-corrected chi connectivity index (χ0v) is 35.6. The predicted octanol–water partition coefficient (Wildman–Crippen LogP) is 8.50. The highest BCUT2D eigenvalue weighted by Crippen LogP contribution is 2.44. The lowest BCUT2D eigenvalue weighted by Gasteiger charge is -2.39. The van der Waals surface area contributed by atoms with Crippen LogP contribution in [0.3, 0.4) is 0 Å². The van der Waals surface area contributed by atoms with Crippen LogP contribution in [-0.4, -0.2) is 105 Å². The minimum atomic E-state index is -1.29. The van der Waals surface area contributed by atoms with E-state index in [1.54, 1.807) is 13.3 Å². The standard InChI is InChI=1S/C37H59ClN6O6Si2/c1-37(2,3)50-36(45)43-28-11-12-29(43)18-26(17-28)31-20-33(42(23-47-13-15-51(5,6)7)24-48-14-16-52(8,9)10)44-35(41-31)30(22-40-44)27-19-32(49-25-46-4)34(38)39-21-27/h19-22,26,28-29H,11-18,23-25H2,1-10H3/t26?,28-,29+. The molecule has 2 bridgehead atoms. The lowest BCUT2D eigenvalue weighted by atomic mass is 9.88. The van der Waals surface area contributed by atoms with Gasteiger partial charge in [-0.05, 0) is 64.6 Å². The zero-order valence-electron chi connectivity index (χ0n) is 32.8. The fourth-order valence-electron chi connectivity index (χ4n) is 6.71. The first-order chi connectivity index (χ1) is 24.4. The fourth-order valence-corrected chi connectivity index (χ4v) is 8.38. The van der Waals surface area contributed by atoms with Crippen LogP contribution in [0.4, 0.5) is 10.6 Å². The van der Waals surface area contributed by atoms with E-state index in [-0.39, 0.29) is 36.0 Å². The molecule has 5 heterocycles. The molecule has 0 saturated carbocycles. The molecule has 3 atom stereocenters. The van der Waals surface area contributed by atoms with Crippen LogP contribution in [-0.2, 0) is 18.9 Å². The summed E-state index contributed by atoms with van der Waals surface area (Å²) in [6, 6.07) is 6.31. The molecule has 2 aliphatic heterocycles. The monoisotopic (exact) mass is 774 g/mol. The molecular weight excluding hydrogens is 716 g/mol. The van der Waals surface area contributed by atoms with Crippen LogP contribution in [0.15, 0.2) is 24.5 Å². The number of hydrogen-bond donors (Lipinski definition) is 0. The van der Waals surface area contributed by atoms with Crippen molar-refractivity contribution in [2.24, 2.45) is 0 Å². The van der Waals surface area contributed by atoms with Gasteiger partial charge in [-0.15, -0.1) is 0 Å². The van der Waals surface area contributed by atoms with Crippen molar-refractivity contribution in [2.45, 2.75) is 121 Å². The van der Waals surface area contributed by atoms with E-state index in [2.05, 4.69) is 55.2 Å². The number of anilines is 1. The zero-order chi connectivity index (χ0) is 37.8. The molecule has 5 rings (SSSR count). The Morgan fingerprint density at radius 2 is 1.58 bits per heavy atom. The molecule has 0 N–H and O–H groups in total. The van der Waals surface area contributed by atoms with Crippen molar-refractivity contribution in [3.05, 3.63) is 35.4 Å². The minimum Gasteiger partial charge on any atom is -0.464 e. The molecule has 0 spiro atoms. The van der Waals surface area contributed by atoms with E-state index in [1.165, 1.54) is 0 Å². The first kappa shape index (κ1) is 40.4. The van der Waals surface area contributed by atoms with Crippen LogP contribution in [0.1, 0.15) is 58.1 Å². The van der Waals surface area contributed by atoms with Gasteiger partial charge in [0.05, 0.1) is 6.20 Å². The summed E-state index contributed by atoms with van der Waals surface area (Å²) in [5, 5.41) is 5.13. The highest BCUT2D eigenvalue weighted by molar-refractivity contribution is 6.76. The lowest BCUT2D eigenvalue weighted by molar-refractivity contribution is 0.00568. The maximum Gasteiger partial charge on any atom is 0.410 e. The van der Waals surface area contributed by atoms with Crippen molar-refractivity contribution in [2.75, 3.05) is 45.5 Å². The molecule has 3 aromatic rings. The van der Waals surface area contributed by atoms with E-state index in [4.69, 9.17) is 45.4 Å². The van der Waals surface area contributed by atoms with Crippen LogP contribution in [0.5, 0.6) is 5.75 Å². The fraction of sp³-hybridized carbons (Fsp3) is 0.676. The van der Waals surface area contributed by atoms with E-state index < -0.39 is 21.7 Å². The highest BCUT2D eigenvalue weighted by atomic mass is 35.5. The molecule has 2 saturated heterocycles. The number of piperidine rings is 1. The summed E-state index contributed by atoms with van der Waals surface area (Å²) in [4.78, 5) is 27.1. The molecule has 0 aromatic carbocycles. The van der Waals surface area contributed by atoms with Gasteiger partial charge in [0.1, 0.15) is 24.9 Å². The second kappa shape index (κ2) is 16.7. The minimum absolute atomic E-state index is 0.0425. The number of hydrogen-bond acceptors (Lipinski definition) is 10. The average molecular weight is 776 g/mol. The molecule has 0 aliphatic carbocycles. The number of methoxy groups -OCH3 is 1. The largest absolute Gasteiger partial charge is 0.464 e. The Morgan fingerprint density at radius 1 is 0.962 bits per heavy atom. The molecule has 0 radical (unpaired) electrons. The quantitative estimate of drug-likeness (QED) is 0.0608. The summed E-state index contributed by atoms with van der Waals surface area (Å²) in [6.45, 7) is 22.0. The average Bonchev–Trinajstić information content (AvgIpc) is 3.59. The van der Waals surface area contributed by atoms with Gasteiger partial charge in [0.25, 0.3) is 0 Å². The number of halogens is 1. The predicted molar refractivity (Wildman–Crippen MR) is 211 cm³/mol. The smallest absolute Gasteiger partial charge is 0.410 e. The lowest BCUT2D eigenvalue weighted by Crippen LogP contribution is -2.48. The third kappa shape index (κ3) is 10.7. The van der Waals surface area contributed by atoms with Crippen LogP contribution in [0.25, 0.3) is 16.8 Å². The van der Waals surface area contributed by atoms with E-state index in [1.807, 2.05) is 42.4 Å². The van der Waals surface area contributed by atoms with Gasteiger partial charge in [-0.3, -0.25) is 0 Å². The molecule has 52 heavy (non-hydrogen) atoms. The summed E-state index contributed by atoms with van der Waals surface area (Å²) in [5.41, 5.74) is 2.66. The molecule has 2 fully saturated rings. The van der Waals surface area contributed by atoms with Crippen LogP contribution in [0, 0.1) is 0 Å². The van der Waals surface area contributed by atoms with Crippen molar-refractivity contribution < 1.29 is 28.5 Å². The van der Waals surface area contributed by atoms with Gasteiger partial charge >= 0.3 is 6.09 Å². The molecule has 15 heteroatoms. The maximum absolute atomic E-state index is 13.3. The Labute approximate surface area is 316 Å². The first-order valence-electron chi connectivity index (χ1n) is 18.5. The number of aromatic nitrogens is 4. The number of amides is 1. The van der Waals surface area contributed by atoms with Crippen LogP contribution >= 0.6 is 11.6 Å². The second-order valence-corrected chi connectivity index (χ2v) is 29.2. The Kier molecular flexibility index (Phi) is 13.0. The normalized spacial score (nSPS) is 19.4. The number of rotatable bonds is 16. The van der Waals surface area contributed by atoms with Crippen molar-refractivity contribution in [3.8, 4) is 16.9 Å². The summed E-state index contributed by atoms with van der Waals surface area (Å²) in [6.07, 6.45) is 6.82. The van der Waals surface area contributed by atoms with Crippen molar-refractivity contribution >= 4 is 45.3 Å². The molecule has 288 valence electrons. The van der Waals surface area contributed by atoms with Crippen LogP contribution < -0.4 is 9.64 Å². The SMILES string of the molecule is COCOc1cc(-c2cnn3c(N(COCC[Si](C)(C)C)COCC[Si](C)(C)C)cc(C4C[C@H]5CC[C@@H](C4)N5C(=O)OC(C)(C)C)nc23)cnc1Cl. The van der Waals surface area contributed by atoms with E-state index in [0.717, 1.165) is 60.4 Å². The molecule has 1 unspecified atom stereocenters. The number of pyridine rings is 1. The van der Waals surface area contributed by atoms with Gasteiger partial charge < -0.3 is 33.5 Å². The first-order valence-corrected chi connectivity index (χ1v) is 26.3. The topological polar surface area (TPSA) is 113 Å². The summed E-state index contributed by atoms with van der Waals surface area (Å²) < 4.78 is 31.3. The van der Waals surface area contributed by atoms with Crippen molar-refractivity contribution in [1.82, 2.24) is 24.5 Å². The third-order valence-electron chi connectivity index (χ3n) is 9.49. The summed E-state index contributed by atoms with van der Waals surface area (Å²) in [7, 11) is -1.02. The van der Waals surface area contributed by atoms with Gasteiger partial charge in [-0.25, -0.2) is 14.8 Å². The summed E-state index contributed by atoms with van der Waals surface area (Å²) in [5.74, 6) is 1.39. The Morgan fingerprint density at radius 3 is 2.13 bits per heavy atom. The number of carbonyl (C=O) groups is 1. The van der Waals surface area contributed by atoms with E-state index >= 15 is 0 Å². The molecular formula is C37H59ClN6O6Si2. The number of nitrogens with zero attached hydrogens (tertiary/aromatic N) is 6. The number of ether oxygens (including phenoxy) is 5. The van der Waals surface area contributed by atoms with Gasteiger partial charge in [-0.1, -0.05) is 50.9 Å². The maximum atomic E-state index is 13.3. The Bertz CT molecular complexity index is 1640. The summed E-state index contributed by atoms with van der Waals surface area (Å²) >= 11 is 6.39. The van der Waals surface area contributed by atoms with Crippen LogP contribution in [0.2, 0.25) is 56.5 Å². The molecule has 1 amide bonds. The Balaban J connectivity index is 1.54. The molecule has 12 nitrogen and oxygen atoms in total. The second-order valence-electron chi connectivity index (χ2n) is 17.6. The number of fused-ring (bicyclic) bond motifs is 3. The van der Waals surface area contributed by atoms with Gasteiger partial charge in [0.15, 0.2) is 23.3 Å². The van der Waals surface area contributed by atoms with Crippen molar-refractivity contribution in [3.63, 3.8) is 0 Å². The Hall–Kier alpha value is -2.76. The van der Waals surface area contributed by atoms with Gasteiger partial charge in [0, 0.05) is 83.6 Å². The van der Waals surface area contributed by atoms with Gasteiger partial charge in [-0.2, -0.15) is 9.61 Å². The van der Waals surface area contributed by atoms with E-state index in [0.29, 0.717) is 38.1 Å². The third-order valence-corrected chi connectivity index (χ3v) is 13.2. The molecule has 3 aromatic heterocycles. The molecule has 2 aliphatic rings. The van der Waals surface area contributed by atoms with Crippen molar-refractivity contribution in [1.29, 1.82) is 0 Å².